The molecule has 11 heteroatoms. The molecule has 2 fully saturated rings. The quantitative estimate of drug-likeness (QED) is 0.164. The van der Waals surface area contributed by atoms with E-state index < -0.39 is 12.6 Å². The van der Waals surface area contributed by atoms with Gasteiger partial charge in [0.25, 0.3) is 5.91 Å². The number of carbonyl (C=O) groups excluding carboxylic acids is 2. The number of fused-ring (bicyclic) bond motifs is 1. The van der Waals surface area contributed by atoms with Gasteiger partial charge >= 0.3 is 6.18 Å². The Hall–Kier alpha value is -3.89. The number of benzene rings is 1. The summed E-state index contributed by atoms with van der Waals surface area (Å²) in [5.41, 5.74) is 3.91. The fraction of sp³-hybridized carbons (Fsp3) is 0.529. The first kappa shape index (κ1) is 37.3. The minimum Gasteiger partial charge on any atom is -0.496 e. The van der Waals surface area contributed by atoms with E-state index in [1.807, 2.05) is 37.0 Å². The second kappa shape index (κ2) is 17.6. The average molecular weight is 632 g/mol. The van der Waals surface area contributed by atoms with E-state index in [-0.39, 0.29) is 17.7 Å². The normalized spacial score (nSPS) is 16.8. The monoisotopic (exact) mass is 631 g/mol. The van der Waals surface area contributed by atoms with Crippen molar-refractivity contribution >= 4 is 23.5 Å². The molecule has 8 nitrogen and oxygen atoms in total. The van der Waals surface area contributed by atoms with Crippen molar-refractivity contribution in [3.8, 4) is 5.75 Å². The van der Waals surface area contributed by atoms with Crippen LogP contribution < -0.4 is 10.1 Å². The summed E-state index contributed by atoms with van der Waals surface area (Å²) in [4.78, 5) is 29.4. The largest absolute Gasteiger partial charge is 0.496 e. The molecule has 2 amide bonds. The maximum Gasteiger partial charge on any atom is 0.388 e. The zero-order valence-electron chi connectivity index (χ0n) is 27.4. The molecule has 2 heterocycles. The molecular formula is C34H48F3N5O3. The van der Waals surface area contributed by atoms with E-state index >= 15 is 0 Å². The molecule has 1 aromatic carbocycles. The molecule has 0 atom stereocenters. The number of nitrogens with one attached hydrogen (secondary N) is 3. The average Bonchev–Trinajstić information content (AvgIpc) is 3.78. The van der Waals surface area contributed by atoms with Gasteiger partial charge in [0.05, 0.1) is 12.7 Å². The van der Waals surface area contributed by atoms with Crippen molar-refractivity contribution < 1.29 is 27.5 Å². The predicted octanol–water partition coefficient (Wildman–Crippen LogP) is 7.55. The maximum absolute atomic E-state index is 13.2. The highest BCUT2D eigenvalue weighted by Gasteiger charge is 2.35. The fourth-order valence-electron chi connectivity index (χ4n) is 4.63. The number of rotatable bonds is 7. The highest BCUT2D eigenvalue weighted by molar-refractivity contribution is 6.07. The number of carbonyl (C=O) groups is 2. The molecule has 2 aliphatic heterocycles. The molecule has 45 heavy (non-hydrogen) atoms. The molecule has 1 saturated carbocycles. The van der Waals surface area contributed by atoms with Crippen molar-refractivity contribution in [3.05, 3.63) is 64.4 Å². The van der Waals surface area contributed by atoms with Gasteiger partial charge in [-0.3, -0.25) is 20.4 Å². The van der Waals surface area contributed by atoms with Crippen molar-refractivity contribution in [1.29, 1.82) is 10.8 Å². The molecule has 0 spiro atoms. The Balaban J connectivity index is 0.000000691. The van der Waals surface area contributed by atoms with Crippen LogP contribution in [0, 0.1) is 16.7 Å². The Morgan fingerprint density at radius 3 is 2.27 bits per heavy atom. The van der Waals surface area contributed by atoms with Gasteiger partial charge < -0.3 is 19.9 Å². The number of nitrogens with zero attached hydrogens (tertiary/aromatic N) is 2. The predicted molar refractivity (Wildman–Crippen MR) is 173 cm³/mol. The van der Waals surface area contributed by atoms with Crippen LogP contribution in [0.15, 0.2) is 47.7 Å². The summed E-state index contributed by atoms with van der Waals surface area (Å²) >= 11 is 0. The van der Waals surface area contributed by atoms with E-state index in [0.29, 0.717) is 54.7 Å². The first-order chi connectivity index (χ1) is 21.3. The van der Waals surface area contributed by atoms with E-state index in [4.69, 9.17) is 15.6 Å². The first-order valence-corrected chi connectivity index (χ1v) is 15.6. The SMILES string of the molecule is C/C=C(/C=C\C=C(/C)C(=N)N1CCCC1=N)NC(=O)c1cc2c(cc1OC)CCN(C(=O)C1CC1)C2.CCC.CCC(F)(F)F. The van der Waals surface area contributed by atoms with Gasteiger partial charge in [0.15, 0.2) is 0 Å². The van der Waals surface area contributed by atoms with Crippen LogP contribution >= 0.6 is 0 Å². The number of amides is 2. The fourth-order valence-corrected chi connectivity index (χ4v) is 4.63. The lowest BCUT2D eigenvalue weighted by Gasteiger charge is -2.30. The van der Waals surface area contributed by atoms with Gasteiger partial charge in [-0.1, -0.05) is 45.4 Å². The van der Waals surface area contributed by atoms with Crippen molar-refractivity contribution in [1.82, 2.24) is 15.1 Å². The van der Waals surface area contributed by atoms with E-state index in [2.05, 4.69) is 19.2 Å². The third kappa shape index (κ3) is 11.5. The summed E-state index contributed by atoms with van der Waals surface area (Å²) in [5, 5.41) is 19.2. The summed E-state index contributed by atoms with van der Waals surface area (Å²) in [7, 11) is 1.56. The molecular weight excluding hydrogens is 583 g/mol. The summed E-state index contributed by atoms with van der Waals surface area (Å²) in [5.74, 6) is 1.46. The van der Waals surface area contributed by atoms with E-state index in [0.717, 1.165) is 49.3 Å². The van der Waals surface area contributed by atoms with Crippen LogP contribution in [0.3, 0.4) is 0 Å². The van der Waals surface area contributed by atoms with Gasteiger partial charge in [0.2, 0.25) is 5.91 Å². The standard InChI is InChI=1S/C28H35N5O3.C3H5F3.C3H8/c1-4-22(8-5-7-18(2)26(30)33-13-6-9-25(33)29)31-27(34)23-15-21-17-32(28(35)19-10-11-19)14-12-20(21)16-24(23)36-3;1-2-3(4,5)6;1-3-2/h4-5,7-8,15-16,19,29-30H,6,9-14,17H2,1-3H3,(H,31,34);2H2,1H3;3H2,1-2H3/b8-5-,18-7+,22-4-,29-25?,30-26?;;. The molecule has 1 saturated heterocycles. The van der Waals surface area contributed by atoms with Gasteiger partial charge in [-0.15, -0.1) is 0 Å². The summed E-state index contributed by atoms with van der Waals surface area (Å²) < 4.78 is 37.9. The van der Waals surface area contributed by atoms with Gasteiger partial charge in [0, 0.05) is 44.1 Å². The summed E-state index contributed by atoms with van der Waals surface area (Å²) in [6.45, 7) is 11.0. The van der Waals surface area contributed by atoms with Crippen molar-refractivity contribution in [3.63, 3.8) is 0 Å². The Kier molecular flexibility index (Phi) is 14.6. The highest BCUT2D eigenvalue weighted by atomic mass is 19.4. The van der Waals surface area contributed by atoms with Crippen molar-refractivity contribution in [2.45, 2.75) is 92.3 Å². The van der Waals surface area contributed by atoms with Gasteiger partial charge in [-0.2, -0.15) is 13.2 Å². The molecule has 0 bridgehead atoms. The van der Waals surface area contributed by atoms with Gasteiger partial charge in [0.1, 0.15) is 17.4 Å². The van der Waals surface area contributed by atoms with Crippen molar-refractivity contribution in [2.75, 3.05) is 20.2 Å². The molecule has 3 aliphatic rings. The summed E-state index contributed by atoms with van der Waals surface area (Å²) in [6, 6.07) is 3.77. The van der Waals surface area contributed by atoms with E-state index in [1.54, 1.807) is 30.2 Å². The molecule has 1 aromatic rings. The first-order valence-electron chi connectivity index (χ1n) is 15.6. The third-order valence-electron chi connectivity index (χ3n) is 7.37. The van der Waals surface area contributed by atoms with Crippen LogP contribution in [0.2, 0.25) is 0 Å². The second-order valence-electron chi connectivity index (χ2n) is 11.2. The summed E-state index contributed by atoms with van der Waals surface area (Å²) in [6.07, 6.45) is 8.09. The Labute approximate surface area is 265 Å². The van der Waals surface area contributed by atoms with Crippen LogP contribution in [-0.4, -0.2) is 59.7 Å². The van der Waals surface area contributed by atoms with Crippen LogP contribution in [0.1, 0.15) is 94.6 Å². The van der Waals surface area contributed by atoms with Crippen LogP contribution in [0.5, 0.6) is 5.75 Å². The zero-order valence-corrected chi connectivity index (χ0v) is 27.4. The Morgan fingerprint density at radius 1 is 1.11 bits per heavy atom. The number of likely N-dealkylation sites (tertiary alicyclic amines) is 1. The number of hydrogen-bond donors (Lipinski definition) is 3. The Morgan fingerprint density at radius 2 is 1.76 bits per heavy atom. The number of ether oxygens (including phenoxy) is 1. The highest BCUT2D eigenvalue weighted by Crippen LogP contribution is 2.34. The lowest BCUT2D eigenvalue weighted by atomic mass is 9.95. The molecule has 1 aliphatic carbocycles. The molecule has 0 radical (unpaired) electrons. The van der Waals surface area contributed by atoms with E-state index in [1.165, 1.54) is 6.42 Å². The molecule has 3 N–H and O–H groups in total. The minimum absolute atomic E-state index is 0.181. The zero-order chi connectivity index (χ0) is 33.7. The molecule has 4 rings (SSSR count). The lowest BCUT2D eigenvalue weighted by molar-refractivity contribution is -0.133. The number of amidine groups is 2. The lowest BCUT2D eigenvalue weighted by Crippen LogP contribution is -2.37. The topological polar surface area (TPSA) is 110 Å². The number of hydrogen-bond acceptors (Lipinski definition) is 5. The molecule has 248 valence electrons. The number of alkyl halides is 3. The van der Waals surface area contributed by atoms with Crippen LogP contribution in [-0.2, 0) is 17.8 Å². The van der Waals surface area contributed by atoms with Crippen molar-refractivity contribution in [2.24, 2.45) is 5.92 Å². The van der Waals surface area contributed by atoms with E-state index in [9.17, 15) is 22.8 Å². The second-order valence-corrected chi connectivity index (χ2v) is 11.2. The molecule has 0 unspecified atom stereocenters. The minimum atomic E-state index is -3.96. The maximum atomic E-state index is 13.2. The van der Waals surface area contributed by atoms with Crippen LogP contribution in [0.4, 0.5) is 13.2 Å². The van der Waals surface area contributed by atoms with Crippen LogP contribution in [0.25, 0.3) is 0 Å². The Bertz CT molecular complexity index is 1310. The number of allylic oxidation sites excluding steroid dienone is 4. The smallest absolute Gasteiger partial charge is 0.388 e. The molecule has 0 aromatic heterocycles. The number of halogens is 3. The number of methoxy groups -OCH3 is 1. The third-order valence-corrected chi connectivity index (χ3v) is 7.37. The van der Waals surface area contributed by atoms with Gasteiger partial charge in [-0.05, 0) is 74.4 Å². The van der Waals surface area contributed by atoms with Gasteiger partial charge in [-0.25, -0.2) is 0 Å².